The summed E-state index contributed by atoms with van der Waals surface area (Å²) >= 11 is 0. The molecular weight excluding hydrogens is 192 g/mol. The van der Waals surface area contributed by atoms with E-state index in [9.17, 15) is 0 Å². The number of hydrogen-bond acceptors (Lipinski definition) is 4. The summed E-state index contributed by atoms with van der Waals surface area (Å²) in [6.45, 7) is 3.97. The van der Waals surface area contributed by atoms with Gasteiger partial charge < -0.3 is 15.2 Å². The number of rotatable bonds is 6. The molecule has 0 aliphatic carbocycles. The molecule has 1 heterocycles. The fourth-order valence-corrected chi connectivity index (χ4v) is 2.24. The lowest BCUT2D eigenvalue weighted by Gasteiger charge is -2.34. The van der Waals surface area contributed by atoms with Crippen LogP contribution in [0.5, 0.6) is 0 Å². The number of methoxy groups -OCH3 is 2. The number of nitrogens with zero attached hydrogens (tertiary/aromatic N) is 1. The van der Waals surface area contributed by atoms with Crippen LogP contribution in [0.1, 0.15) is 19.3 Å². The minimum absolute atomic E-state index is 0.0957. The molecular formula is C11H24N2O2. The molecule has 0 bridgehead atoms. The molecule has 0 amide bonds. The van der Waals surface area contributed by atoms with Crippen molar-refractivity contribution in [1.82, 2.24) is 4.90 Å². The van der Waals surface area contributed by atoms with E-state index in [1.807, 2.05) is 0 Å². The van der Waals surface area contributed by atoms with Gasteiger partial charge >= 0.3 is 0 Å². The quantitative estimate of drug-likeness (QED) is 0.663. The molecule has 1 aliphatic heterocycles. The maximum atomic E-state index is 5.59. The second-order valence-electron chi connectivity index (χ2n) is 4.25. The van der Waals surface area contributed by atoms with Gasteiger partial charge in [-0.1, -0.05) is 0 Å². The Hall–Kier alpha value is -0.160. The van der Waals surface area contributed by atoms with Gasteiger partial charge in [0.1, 0.15) is 0 Å². The van der Waals surface area contributed by atoms with Crippen LogP contribution < -0.4 is 5.73 Å². The molecule has 0 aromatic rings. The first-order valence-corrected chi connectivity index (χ1v) is 5.78. The fraction of sp³-hybridized carbons (Fsp3) is 1.00. The number of nitrogens with two attached hydrogens (primary N) is 1. The lowest BCUT2D eigenvalue weighted by atomic mass is 9.95. The Kier molecular flexibility index (Phi) is 6.17. The van der Waals surface area contributed by atoms with Crippen LogP contribution in [-0.4, -0.2) is 51.6 Å². The second kappa shape index (κ2) is 7.17. The van der Waals surface area contributed by atoms with Crippen LogP contribution in [0.25, 0.3) is 0 Å². The van der Waals surface area contributed by atoms with Crippen molar-refractivity contribution in [2.45, 2.75) is 25.6 Å². The average molecular weight is 216 g/mol. The summed E-state index contributed by atoms with van der Waals surface area (Å²) in [5.74, 6) is 0.762. The molecule has 0 aromatic carbocycles. The maximum Gasteiger partial charge on any atom is 0.169 e. The van der Waals surface area contributed by atoms with Gasteiger partial charge in [-0.3, -0.25) is 4.90 Å². The van der Waals surface area contributed by atoms with E-state index in [0.29, 0.717) is 0 Å². The van der Waals surface area contributed by atoms with E-state index in [1.54, 1.807) is 14.2 Å². The monoisotopic (exact) mass is 216 g/mol. The number of hydrogen-bond donors (Lipinski definition) is 1. The zero-order valence-electron chi connectivity index (χ0n) is 9.95. The van der Waals surface area contributed by atoms with Gasteiger partial charge in [0.15, 0.2) is 6.29 Å². The maximum absolute atomic E-state index is 5.59. The lowest BCUT2D eigenvalue weighted by molar-refractivity contribution is -0.119. The minimum Gasteiger partial charge on any atom is -0.355 e. The van der Waals surface area contributed by atoms with E-state index in [2.05, 4.69) is 4.90 Å². The molecule has 2 N–H and O–H groups in total. The molecule has 4 nitrogen and oxygen atoms in total. The molecule has 1 fully saturated rings. The lowest BCUT2D eigenvalue weighted by Crippen LogP contribution is -2.41. The molecule has 0 radical (unpaired) electrons. The van der Waals surface area contributed by atoms with Crippen molar-refractivity contribution in [3.8, 4) is 0 Å². The van der Waals surface area contributed by atoms with Crippen LogP contribution >= 0.6 is 0 Å². The number of piperidine rings is 1. The van der Waals surface area contributed by atoms with Crippen LogP contribution in [0, 0.1) is 5.92 Å². The van der Waals surface area contributed by atoms with Crippen LogP contribution in [0.3, 0.4) is 0 Å². The zero-order valence-corrected chi connectivity index (χ0v) is 9.95. The van der Waals surface area contributed by atoms with Gasteiger partial charge in [0.25, 0.3) is 0 Å². The highest BCUT2D eigenvalue weighted by Crippen LogP contribution is 2.19. The SMILES string of the molecule is COC(CN1CCCC(CCN)C1)OC. The highest BCUT2D eigenvalue weighted by Gasteiger charge is 2.21. The van der Waals surface area contributed by atoms with Crippen LogP contribution in [0.4, 0.5) is 0 Å². The van der Waals surface area contributed by atoms with E-state index in [0.717, 1.165) is 38.5 Å². The third kappa shape index (κ3) is 4.47. The molecule has 0 spiro atoms. The van der Waals surface area contributed by atoms with Crippen LogP contribution in [-0.2, 0) is 9.47 Å². The molecule has 1 saturated heterocycles. The van der Waals surface area contributed by atoms with Gasteiger partial charge in [-0.2, -0.15) is 0 Å². The molecule has 4 heteroatoms. The van der Waals surface area contributed by atoms with E-state index in [4.69, 9.17) is 15.2 Å². The molecule has 90 valence electrons. The standard InChI is InChI=1S/C11H24N2O2/c1-14-11(15-2)9-13-7-3-4-10(8-13)5-6-12/h10-11H,3-9,12H2,1-2H3. The smallest absolute Gasteiger partial charge is 0.169 e. The summed E-state index contributed by atoms with van der Waals surface area (Å²) in [6.07, 6.45) is 3.63. The van der Waals surface area contributed by atoms with E-state index in [1.165, 1.54) is 12.8 Å². The Morgan fingerprint density at radius 3 is 2.73 bits per heavy atom. The van der Waals surface area contributed by atoms with E-state index >= 15 is 0 Å². The Morgan fingerprint density at radius 1 is 1.40 bits per heavy atom. The van der Waals surface area contributed by atoms with E-state index < -0.39 is 0 Å². The van der Waals surface area contributed by atoms with Gasteiger partial charge in [-0.05, 0) is 38.3 Å². The molecule has 1 rings (SSSR count). The summed E-state index contributed by atoms with van der Waals surface area (Å²) in [7, 11) is 3.38. The first-order chi connectivity index (χ1) is 7.30. The fourth-order valence-electron chi connectivity index (χ4n) is 2.24. The summed E-state index contributed by atoms with van der Waals surface area (Å²) in [5, 5.41) is 0. The van der Waals surface area contributed by atoms with Crippen molar-refractivity contribution in [2.75, 3.05) is 40.4 Å². The Morgan fingerprint density at radius 2 is 2.13 bits per heavy atom. The first kappa shape index (κ1) is 12.9. The van der Waals surface area contributed by atoms with Gasteiger partial charge in [0.05, 0.1) is 0 Å². The third-order valence-corrected chi connectivity index (χ3v) is 3.11. The third-order valence-electron chi connectivity index (χ3n) is 3.11. The minimum atomic E-state index is -0.0957. The highest BCUT2D eigenvalue weighted by molar-refractivity contribution is 4.73. The summed E-state index contributed by atoms with van der Waals surface area (Å²) < 4.78 is 10.4. The predicted molar refractivity (Wildman–Crippen MR) is 60.6 cm³/mol. The van der Waals surface area contributed by atoms with Crippen LogP contribution in [0.15, 0.2) is 0 Å². The predicted octanol–water partition coefficient (Wildman–Crippen LogP) is 0.666. The van der Waals surface area contributed by atoms with Crippen molar-refractivity contribution in [2.24, 2.45) is 11.7 Å². The van der Waals surface area contributed by atoms with Crippen molar-refractivity contribution in [3.05, 3.63) is 0 Å². The summed E-state index contributed by atoms with van der Waals surface area (Å²) in [4.78, 5) is 2.42. The van der Waals surface area contributed by atoms with Crippen molar-refractivity contribution in [1.29, 1.82) is 0 Å². The molecule has 0 saturated carbocycles. The largest absolute Gasteiger partial charge is 0.355 e. The summed E-state index contributed by atoms with van der Waals surface area (Å²) in [5.41, 5.74) is 5.59. The Bertz CT molecular complexity index is 161. The Balaban J connectivity index is 2.28. The zero-order chi connectivity index (χ0) is 11.1. The summed E-state index contributed by atoms with van der Waals surface area (Å²) in [6, 6.07) is 0. The topological polar surface area (TPSA) is 47.7 Å². The normalized spacial score (nSPS) is 23.6. The van der Waals surface area contributed by atoms with Gasteiger partial charge in [0, 0.05) is 27.3 Å². The second-order valence-corrected chi connectivity index (χ2v) is 4.25. The van der Waals surface area contributed by atoms with E-state index in [-0.39, 0.29) is 6.29 Å². The molecule has 1 aliphatic rings. The van der Waals surface area contributed by atoms with Crippen LogP contribution in [0.2, 0.25) is 0 Å². The van der Waals surface area contributed by atoms with Crippen molar-refractivity contribution in [3.63, 3.8) is 0 Å². The molecule has 15 heavy (non-hydrogen) atoms. The molecule has 1 unspecified atom stereocenters. The number of likely N-dealkylation sites (tertiary alicyclic amines) is 1. The number of ether oxygens (including phenoxy) is 2. The van der Waals surface area contributed by atoms with Gasteiger partial charge in [-0.25, -0.2) is 0 Å². The van der Waals surface area contributed by atoms with Crippen molar-refractivity contribution >= 4 is 0 Å². The Labute approximate surface area is 92.7 Å². The molecule has 0 aromatic heterocycles. The van der Waals surface area contributed by atoms with Gasteiger partial charge in [-0.15, -0.1) is 0 Å². The average Bonchev–Trinajstić information content (AvgIpc) is 2.27. The van der Waals surface area contributed by atoms with Crippen molar-refractivity contribution < 1.29 is 9.47 Å². The highest BCUT2D eigenvalue weighted by atomic mass is 16.7. The van der Waals surface area contributed by atoms with Gasteiger partial charge in [0.2, 0.25) is 0 Å². The molecule has 1 atom stereocenters. The first-order valence-electron chi connectivity index (χ1n) is 5.78.